The number of methoxy groups -OCH3 is 2. The summed E-state index contributed by atoms with van der Waals surface area (Å²) in [5.41, 5.74) is -0.803. The summed E-state index contributed by atoms with van der Waals surface area (Å²) in [5.74, 6) is -0.792. The second-order valence-electron chi connectivity index (χ2n) is 15.2. The third kappa shape index (κ3) is 14.5. The molecule has 0 spiro atoms. The molecule has 2 aliphatic carbocycles. The maximum Gasteiger partial charge on any atom is 0.349 e. The number of halogens is 9. The number of carbonyl (C=O) groups is 2. The Labute approximate surface area is 447 Å². The van der Waals surface area contributed by atoms with E-state index < -0.39 is 89.8 Å². The van der Waals surface area contributed by atoms with E-state index in [1.165, 1.54) is 49.9 Å². The van der Waals surface area contributed by atoms with Gasteiger partial charge in [-0.15, -0.1) is 0 Å². The lowest BCUT2D eigenvalue weighted by Crippen LogP contribution is -2.41. The van der Waals surface area contributed by atoms with Gasteiger partial charge in [-0.1, -0.05) is 62.3 Å². The fourth-order valence-electron chi connectivity index (χ4n) is 6.46. The first-order valence-electron chi connectivity index (χ1n) is 20.3. The highest BCUT2D eigenvalue weighted by molar-refractivity contribution is 9.10. The first kappa shape index (κ1) is 61.1. The number of benzene rings is 4. The summed E-state index contributed by atoms with van der Waals surface area (Å²) >= 11 is 28.1. The van der Waals surface area contributed by atoms with Gasteiger partial charge >= 0.3 is 11.7 Å². The minimum atomic E-state index is -3.84. The molecule has 2 fully saturated rings. The van der Waals surface area contributed by atoms with Crippen LogP contribution in [-0.2, 0) is 24.5 Å². The number of sulfone groups is 2. The number of aliphatic hydroxyl groups is 2. The van der Waals surface area contributed by atoms with Gasteiger partial charge in [-0.25, -0.2) is 44.0 Å². The van der Waals surface area contributed by atoms with E-state index in [4.69, 9.17) is 70.8 Å². The summed E-state index contributed by atoms with van der Waals surface area (Å²) in [6.45, 7) is 0. The van der Waals surface area contributed by atoms with Crippen molar-refractivity contribution in [3.8, 4) is 40.2 Å². The molecule has 74 heavy (non-hydrogen) atoms. The van der Waals surface area contributed by atoms with Crippen molar-refractivity contribution in [3.63, 3.8) is 0 Å². The van der Waals surface area contributed by atoms with Gasteiger partial charge in [-0.2, -0.15) is 9.78 Å². The molecule has 2 saturated carbocycles. The summed E-state index contributed by atoms with van der Waals surface area (Å²) in [7, 11) is -4.80. The molecule has 2 aliphatic rings. The lowest BCUT2D eigenvalue weighted by molar-refractivity contribution is -0.114. The number of aromatic nitrogens is 3. The molecule has 7 N–H and O–H groups in total. The number of nitrogens with two attached hydrogens (primary N) is 1. The van der Waals surface area contributed by atoms with Crippen LogP contribution < -0.4 is 41.2 Å². The van der Waals surface area contributed by atoms with Crippen molar-refractivity contribution in [1.82, 2.24) is 20.1 Å². The van der Waals surface area contributed by atoms with Crippen molar-refractivity contribution < 1.29 is 73.1 Å². The Morgan fingerprint density at radius 1 is 0.784 bits per heavy atom. The maximum absolute atomic E-state index is 13.1. The van der Waals surface area contributed by atoms with Gasteiger partial charge in [-0.05, 0) is 74.2 Å². The molecule has 0 unspecified atom stereocenters. The second kappa shape index (κ2) is 25.4. The summed E-state index contributed by atoms with van der Waals surface area (Å²) < 4.78 is 124. The number of amides is 3. The molecule has 3 radical (unpaired) electrons. The Bertz CT molecular complexity index is 3260. The van der Waals surface area contributed by atoms with Gasteiger partial charge in [-0.3, -0.25) is 25.3 Å². The molecule has 0 aliphatic heterocycles. The molecular formula is C42H37BBrCl4F4N6O14S2. The number of hydrogen-bond donors (Lipinski definition) is 6. The molecule has 20 nitrogen and oxygen atoms in total. The summed E-state index contributed by atoms with van der Waals surface area (Å²) in [6, 6.07) is 12.7. The summed E-state index contributed by atoms with van der Waals surface area (Å²) in [5, 5.41) is 28.8. The number of alkyl halides is 4. The van der Waals surface area contributed by atoms with Gasteiger partial charge in [0.1, 0.15) is 32.8 Å². The Kier molecular flexibility index (Phi) is 21.0. The summed E-state index contributed by atoms with van der Waals surface area (Å²) in [6.07, 6.45) is -7.09. The van der Waals surface area contributed by atoms with Crippen molar-refractivity contribution in [3.05, 3.63) is 112 Å². The average Bonchev–Trinajstić information content (AvgIpc) is 3.28. The second-order valence-corrected chi connectivity index (χ2v) is 22.2. The van der Waals surface area contributed by atoms with Crippen molar-refractivity contribution in [2.24, 2.45) is 5.73 Å². The lowest BCUT2D eigenvalue weighted by atomic mass is 9.96. The van der Waals surface area contributed by atoms with Crippen LogP contribution in [-0.4, -0.2) is 111 Å². The number of carbonyl (C=O) groups excluding carboxylic acids is 2. The van der Waals surface area contributed by atoms with E-state index in [0.29, 0.717) is 9.15 Å². The van der Waals surface area contributed by atoms with Crippen LogP contribution in [0.15, 0.2) is 84.5 Å². The maximum atomic E-state index is 13.1. The molecule has 32 heteroatoms. The lowest BCUT2D eigenvalue weighted by Gasteiger charge is -2.31. The Hall–Kier alpha value is -5.46. The van der Waals surface area contributed by atoms with Gasteiger partial charge in [0.2, 0.25) is 0 Å². The number of nitrogens with one attached hydrogen (secondary N) is 3. The van der Waals surface area contributed by atoms with Crippen LogP contribution in [0.4, 0.5) is 22.4 Å². The van der Waals surface area contributed by atoms with Crippen molar-refractivity contribution in [1.29, 1.82) is 5.41 Å². The average molecular weight is 1220 g/mol. The van der Waals surface area contributed by atoms with E-state index in [2.05, 4.69) is 26.8 Å². The molecule has 397 valence electrons. The molecular weight excluding hydrogens is 1190 g/mol. The van der Waals surface area contributed by atoms with Gasteiger partial charge in [0.15, 0.2) is 42.6 Å². The predicted octanol–water partition coefficient (Wildman–Crippen LogP) is 7.20. The van der Waals surface area contributed by atoms with Crippen LogP contribution in [0.25, 0.3) is 5.69 Å². The molecule has 0 saturated heterocycles. The van der Waals surface area contributed by atoms with Crippen molar-refractivity contribution in [2.45, 2.75) is 71.0 Å². The monoisotopic (exact) mass is 1220 g/mol. The SMILES string of the molecule is COc1ccc(Oc2c(Cl)cc(-n3nc(C(F)F)c(=O)[nH]c3=O)cc2Cl)cc1S(=O)(=O)C1CC(O)C1.COc1ccc(Oc2c(Cl)cc(Br)cc2Cl)cc1S(=O)(=O)C1CC(O)C1.N=C(C(=O)NC(N)=O)C(F)F.[B]. The Balaban J connectivity index is 0.000000272. The number of ether oxygens (including phenoxy) is 4. The highest BCUT2D eigenvalue weighted by Gasteiger charge is 2.41. The molecule has 1 heterocycles. The predicted molar refractivity (Wildman–Crippen MR) is 265 cm³/mol. The van der Waals surface area contributed by atoms with Crippen molar-refractivity contribution >= 4 is 108 Å². The fourth-order valence-corrected chi connectivity index (χ4v) is 12.3. The molecule has 5 aromatic rings. The molecule has 4 aromatic carbocycles. The molecule has 1 aromatic heterocycles. The van der Waals surface area contributed by atoms with Crippen molar-refractivity contribution in [2.75, 3.05) is 14.2 Å². The zero-order valence-electron chi connectivity index (χ0n) is 37.6. The van der Waals surface area contributed by atoms with E-state index in [-0.39, 0.29) is 104 Å². The third-order valence-corrected chi connectivity index (χ3v) is 16.3. The van der Waals surface area contributed by atoms with Gasteiger partial charge in [0.05, 0.1) is 62.7 Å². The highest BCUT2D eigenvalue weighted by Crippen LogP contribution is 2.44. The first-order chi connectivity index (χ1) is 34.1. The Morgan fingerprint density at radius 2 is 1.19 bits per heavy atom. The highest BCUT2D eigenvalue weighted by atomic mass is 79.9. The summed E-state index contributed by atoms with van der Waals surface area (Å²) in [4.78, 5) is 45.4. The van der Waals surface area contributed by atoms with E-state index in [1.54, 1.807) is 23.2 Å². The van der Waals surface area contributed by atoms with Crippen LogP contribution in [0.3, 0.4) is 0 Å². The van der Waals surface area contributed by atoms with Gasteiger partial charge in [0.25, 0.3) is 24.3 Å². The minimum absolute atomic E-state index is 0. The smallest absolute Gasteiger partial charge is 0.349 e. The Morgan fingerprint density at radius 3 is 1.54 bits per heavy atom. The fraction of sp³-hybridized carbons (Fsp3) is 0.286. The number of primary amides is 1. The first-order valence-corrected chi connectivity index (χ1v) is 25.7. The number of urea groups is 1. The largest absolute Gasteiger partial charge is 0.495 e. The van der Waals surface area contributed by atoms with E-state index in [9.17, 15) is 63.8 Å². The van der Waals surface area contributed by atoms with Gasteiger partial charge in [0, 0.05) is 25.0 Å². The zero-order valence-corrected chi connectivity index (χ0v) is 43.9. The molecule has 0 atom stereocenters. The van der Waals surface area contributed by atoms with E-state index >= 15 is 0 Å². The topological polar surface area (TPSA) is 309 Å². The number of rotatable bonds is 14. The van der Waals surface area contributed by atoms with Gasteiger partial charge < -0.3 is 34.9 Å². The number of imide groups is 1. The molecule has 7 rings (SSSR count). The number of nitrogens with zero attached hydrogens (tertiary/aromatic N) is 2. The quantitative estimate of drug-likeness (QED) is 0.0364. The number of aromatic amines is 1. The number of aliphatic hydroxyl groups excluding tert-OH is 2. The van der Waals surface area contributed by atoms with Crippen LogP contribution in [0, 0.1) is 5.41 Å². The third-order valence-electron chi connectivity index (χ3n) is 10.3. The standard InChI is InChI=1S/C21H17Cl2F2N3O7S.C17H15BrCl2O5S.C4H5F2N3O2.B/c1-34-15-3-2-11(8-16(15)36(32,33)12-6-10(29)7-12)35-18-13(22)4-9(5-14(18)23)28-21(31)26-20(30)17(27-28)19(24)25;1-24-15-3-2-11(25-17-13(19)4-9(18)5-14(17)20)8-16(15)26(22,23)12-6-10(21)7-12;5-2(6)1(7)3(10)9-4(8)11;/h2-5,8,10,12,19,29H,6-7H2,1H3,(H,26,30,31);2-5,8,10,12,21H,6-7H2,1H3;2,7H,(H3,8,9,10,11);. The number of hydrogen-bond acceptors (Lipinski definition) is 16. The van der Waals surface area contributed by atoms with Crippen LogP contribution in [0.5, 0.6) is 34.5 Å². The zero-order chi connectivity index (χ0) is 54.4. The van der Waals surface area contributed by atoms with Crippen LogP contribution >= 0.6 is 62.3 Å². The normalized spacial score (nSPS) is 16.9. The number of H-pyrrole nitrogens is 1. The molecule has 3 amide bonds. The van der Waals surface area contributed by atoms with Crippen LogP contribution in [0.2, 0.25) is 20.1 Å². The minimum Gasteiger partial charge on any atom is -0.495 e. The molecule has 0 bridgehead atoms. The van der Waals surface area contributed by atoms with E-state index in [0.717, 1.165) is 12.1 Å². The van der Waals surface area contributed by atoms with E-state index in [1.807, 2.05) is 0 Å². The van der Waals surface area contributed by atoms with Crippen LogP contribution in [0.1, 0.15) is 37.8 Å².